The highest BCUT2D eigenvalue weighted by Crippen LogP contribution is 2.39. The van der Waals surface area contributed by atoms with Crippen molar-refractivity contribution in [1.82, 2.24) is 10.6 Å². The van der Waals surface area contributed by atoms with E-state index in [0.29, 0.717) is 4.34 Å². The van der Waals surface area contributed by atoms with Gasteiger partial charge in [0.05, 0.1) is 10.4 Å². The van der Waals surface area contributed by atoms with E-state index in [1.165, 1.54) is 11.3 Å². The Labute approximate surface area is 126 Å². The van der Waals surface area contributed by atoms with Crippen molar-refractivity contribution in [3.8, 4) is 0 Å². The molecule has 1 aliphatic rings. The first-order valence-electron chi connectivity index (χ1n) is 6.40. The Kier molecular flexibility index (Phi) is 4.25. The maximum atomic E-state index is 12.0. The van der Waals surface area contributed by atoms with Gasteiger partial charge in [0.2, 0.25) is 0 Å². The fourth-order valence-corrected chi connectivity index (χ4v) is 3.15. The number of thiophene rings is 1. The lowest BCUT2D eigenvalue weighted by Crippen LogP contribution is -2.56. The van der Waals surface area contributed by atoms with Gasteiger partial charge in [-0.15, -0.1) is 11.3 Å². The quantitative estimate of drug-likeness (QED) is 0.781. The van der Waals surface area contributed by atoms with Gasteiger partial charge in [0.15, 0.2) is 0 Å². The van der Waals surface area contributed by atoms with Gasteiger partial charge in [-0.05, 0) is 44.7 Å². The van der Waals surface area contributed by atoms with Crippen LogP contribution in [-0.4, -0.2) is 22.6 Å². The molecule has 110 valence electrons. The highest BCUT2D eigenvalue weighted by atomic mass is 35.5. The molecule has 3 N–H and O–H groups in total. The molecular formula is C13H17ClN2O3S. The van der Waals surface area contributed by atoms with Gasteiger partial charge in [0, 0.05) is 4.88 Å². The number of carbonyl (C=O) groups is 2. The average Bonchev–Trinajstić information content (AvgIpc) is 3.11. The Morgan fingerprint density at radius 1 is 1.50 bits per heavy atom. The van der Waals surface area contributed by atoms with Gasteiger partial charge >= 0.3 is 12.0 Å². The van der Waals surface area contributed by atoms with E-state index in [1.54, 1.807) is 13.0 Å². The topological polar surface area (TPSA) is 78.4 Å². The maximum Gasteiger partial charge on any atom is 0.329 e. The summed E-state index contributed by atoms with van der Waals surface area (Å²) in [6.07, 6.45) is 1.67. The molecule has 0 spiro atoms. The van der Waals surface area contributed by atoms with E-state index in [4.69, 9.17) is 11.6 Å². The number of nitrogens with one attached hydrogen (secondary N) is 2. The van der Waals surface area contributed by atoms with Gasteiger partial charge in [-0.2, -0.15) is 0 Å². The molecule has 2 unspecified atom stereocenters. The van der Waals surface area contributed by atoms with Crippen LogP contribution in [-0.2, 0) is 4.79 Å². The van der Waals surface area contributed by atoms with Crippen molar-refractivity contribution in [3.05, 3.63) is 21.3 Å². The normalized spacial score (nSPS) is 18.9. The second kappa shape index (κ2) is 5.61. The van der Waals surface area contributed by atoms with Gasteiger partial charge in [0.1, 0.15) is 5.54 Å². The SMILES string of the molecule is CC(NC(=O)NC(C)(C(=O)O)C1CC1)c1ccc(Cl)s1. The summed E-state index contributed by atoms with van der Waals surface area (Å²) in [6, 6.07) is 2.92. The summed E-state index contributed by atoms with van der Waals surface area (Å²) in [4.78, 5) is 24.2. The molecular weight excluding hydrogens is 300 g/mol. The fourth-order valence-electron chi connectivity index (χ4n) is 2.09. The van der Waals surface area contributed by atoms with Crippen molar-refractivity contribution in [1.29, 1.82) is 0 Å². The Balaban J connectivity index is 1.96. The maximum absolute atomic E-state index is 12.0. The second-order valence-corrected chi connectivity index (χ2v) is 6.99. The van der Waals surface area contributed by atoms with Gasteiger partial charge in [-0.25, -0.2) is 9.59 Å². The fraction of sp³-hybridized carbons (Fsp3) is 0.538. The predicted octanol–water partition coefficient (Wildman–Crippen LogP) is 3.02. The summed E-state index contributed by atoms with van der Waals surface area (Å²) < 4.78 is 0.655. The van der Waals surface area contributed by atoms with Crippen LogP contribution in [0, 0.1) is 5.92 Å². The Morgan fingerprint density at radius 3 is 2.60 bits per heavy atom. The Hall–Kier alpha value is -1.27. The lowest BCUT2D eigenvalue weighted by molar-refractivity contribution is -0.144. The molecule has 5 nitrogen and oxygen atoms in total. The molecule has 1 aromatic heterocycles. The molecule has 1 saturated carbocycles. The molecule has 2 rings (SSSR count). The first kappa shape index (κ1) is 15.1. The minimum atomic E-state index is -1.20. The third kappa shape index (κ3) is 3.24. The van der Waals surface area contributed by atoms with Gasteiger partial charge in [-0.3, -0.25) is 0 Å². The molecule has 7 heteroatoms. The highest BCUT2D eigenvalue weighted by molar-refractivity contribution is 7.16. The average molecular weight is 317 g/mol. The molecule has 1 aliphatic carbocycles. The standard InChI is InChI=1S/C13H17ClN2O3S/c1-7(9-5-6-10(14)20-9)15-12(19)16-13(2,11(17)18)8-3-4-8/h5-8H,3-4H2,1-2H3,(H,17,18)(H2,15,16,19). The number of amides is 2. The summed E-state index contributed by atoms with van der Waals surface area (Å²) in [5.74, 6) is -0.987. The molecule has 2 atom stereocenters. The van der Waals surface area contributed by atoms with Crippen molar-refractivity contribution in [2.45, 2.75) is 38.3 Å². The van der Waals surface area contributed by atoms with E-state index in [9.17, 15) is 14.7 Å². The van der Waals surface area contributed by atoms with Crippen LogP contribution in [0.4, 0.5) is 4.79 Å². The molecule has 0 radical (unpaired) electrons. The number of carboxylic acids is 1. The van der Waals surface area contributed by atoms with Crippen LogP contribution >= 0.6 is 22.9 Å². The van der Waals surface area contributed by atoms with Crippen LogP contribution in [0.5, 0.6) is 0 Å². The second-order valence-electron chi connectivity index (χ2n) is 5.24. The first-order valence-corrected chi connectivity index (χ1v) is 7.59. The zero-order chi connectivity index (χ0) is 14.9. The van der Waals surface area contributed by atoms with Crippen LogP contribution in [0.1, 0.15) is 37.6 Å². The van der Waals surface area contributed by atoms with E-state index in [0.717, 1.165) is 17.7 Å². The Morgan fingerprint density at radius 2 is 2.15 bits per heavy atom. The first-order chi connectivity index (χ1) is 9.33. The van der Waals surface area contributed by atoms with Crippen LogP contribution in [0.3, 0.4) is 0 Å². The number of carbonyl (C=O) groups excluding carboxylic acids is 1. The number of carboxylic acid groups (broad SMARTS) is 1. The van der Waals surface area contributed by atoms with E-state index < -0.39 is 17.5 Å². The minimum absolute atomic E-state index is 0.0113. The lowest BCUT2D eigenvalue weighted by Gasteiger charge is -2.27. The number of halogens is 1. The summed E-state index contributed by atoms with van der Waals surface area (Å²) in [6.45, 7) is 3.39. The van der Waals surface area contributed by atoms with E-state index in [1.807, 2.05) is 13.0 Å². The number of hydrogen-bond acceptors (Lipinski definition) is 3. The van der Waals surface area contributed by atoms with Crippen molar-refractivity contribution < 1.29 is 14.7 Å². The number of rotatable bonds is 5. The Bertz CT molecular complexity index is 529. The molecule has 2 amide bonds. The van der Waals surface area contributed by atoms with E-state index >= 15 is 0 Å². The van der Waals surface area contributed by atoms with E-state index in [2.05, 4.69) is 10.6 Å². The summed E-state index contributed by atoms with van der Waals surface area (Å²) >= 11 is 7.24. The highest BCUT2D eigenvalue weighted by Gasteiger charge is 2.48. The summed E-state index contributed by atoms with van der Waals surface area (Å²) in [5.41, 5.74) is -1.20. The van der Waals surface area contributed by atoms with Crippen LogP contribution in [0.25, 0.3) is 0 Å². The third-order valence-electron chi connectivity index (χ3n) is 3.58. The van der Waals surface area contributed by atoms with Gasteiger partial charge in [0.25, 0.3) is 0 Å². The largest absolute Gasteiger partial charge is 0.480 e. The molecule has 1 heterocycles. The van der Waals surface area contributed by atoms with Crippen LogP contribution in [0.2, 0.25) is 4.34 Å². The van der Waals surface area contributed by atoms with Crippen molar-refractivity contribution >= 4 is 34.9 Å². The molecule has 0 aliphatic heterocycles. The van der Waals surface area contributed by atoms with Crippen molar-refractivity contribution in [2.75, 3.05) is 0 Å². The van der Waals surface area contributed by atoms with Crippen LogP contribution in [0.15, 0.2) is 12.1 Å². The third-order valence-corrected chi connectivity index (χ3v) is 4.99. The molecule has 1 fully saturated rings. The molecule has 20 heavy (non-hydrogen) atoms. The predicted molar refractivity (Wildman–Crippen MR) is 78.2 cm³/mol. The zero-order valence-electron chi connectivity index (χ0n) is 11.3. The monoisotopic (exact) mass is 316 g/mol. The van der Waals surface area contributed by atoms with Gasteiger partial charge < -0.3 is 15.7 Å². The number of urea groups is 1. The zero-order valence-corrected chi connectivity index (χ0v) is 12.8. The minimum Gasteiger partial charge on any atom is -0.480 e. The molecule has 0 bridgehead atoms. The number of hydrogen-bond donors (Lipinski definition) is 3. The summed E-state index contributed by atoms with van der Waals surface area (Å²) in [7, 11) is 0. The van der Waals surface area contributed by atoms with E-state index in [-0.39, 0.29) is 12.0 Å². The van der Waals surface area contributed by atoms with Gasteiger partial charge in [-0.1, -0.05) is 11.6 Å². The van der Waals surface area contributed by atoms with Crippen molar-refractivity contribution in [3.63, 3.8) is 0 Å². The van der Waals surface area contributed by atoms with Crippen molar-refractivity contribution in [2.24, 2.45) is 5.92 Å². The molecule has 1 aromatic rings. The molecule has 0 aromatic carbocycles. The summed E-state index contributed by atoms with van der Waals surface area (Å²) in [5, 5.41) is 14.6. The lowest BCUT2D eigenvalue weighted by atomic mass is 9.96. The van der Waals surface area contributed by atoms with Crippen LogP contribution < -0.4 is 10.6 Å². The smallest absolute Gasteiger partial charge is 0.329 e. The molecule has 0 saturated heterocycles. The number of aliphatic carboxylic acids is 1.